The van der Waals surface area contributed by atoms with E-state index in [4.69, 9.17) is 5.84 Å². The molecule has 1 saturated heterocycles. The lowest BCUT2D eigenvalue weighted by Gasteiger charge is -2.44. The summed E-state index contributed by atoms with van der Waals surface area (Å²) in [6.07, 6.45) is -2.49. The van der Waals surface area contributed by atoms with Crippen LogP contribution >= 0.6 is 11.8 Å². The summed E-state index contributed by atoms with van der Waals surface area (Å²) in [5, 5.41) is 1.42. The fourth-order valence-corrected chi connectivity index (χ4v) is 7.27. The van der Waals surface area contributed by atoms with Crippen LogP contribution in [-0.4, -0.2) is 69.4 Å². The SMILES string of the molecule is C=CC(=O)N1C(C)CN(c2nc(=O)n3c4c(c(-c5ccc(F)cc5F)c(C(F)(F)F)cc24)SCC(N(C)N)C3)CC1C.C=CN. The Hall–Kier alpha value is -3.95. The minimum absolute atomic E-state index is 0.0250. The van der Waals surface area contributed by atoms with Crippen molar-refractivity contribution in [2.45, 2.75) is 49.6 Å². The maximum Gasteiger partial charge on any atom is 0.417 e. The van der Waals surface area contributed by atoms with Crippen molar-refractivity contribution >= 4 is 34.4 Å². The molecule has 5 rings (SSSR count). The number of nitrogens with zero attached hydrogens (tertiary/aromatic N) is 5. The Balaban J connectivity index is 0.00000148. The summed E-state index contributed by atoms with van der Waals surface area (Å²) in [5.74, 6) is 3.86. The van der Waals surface area contributed by atoms with Gasteiger partial charge in [0.2, 0.25) is 5.91 Å². The van der Waals surface area contributed by atoms with Crippen LogP contribution in [0.5, 0.6) is 0 Å². The minimum atomic E-state index is -4.94. The summed E-state index contributed by atoms with van der Waals surface area (Å²) in [6, 6.07) is 2.08. The third-order valence-corrected chi connectivity index (χ3v) is 8.98. The highest BCUT2D eigenvalue weighted by atomic mass is 32.2. The van der Waals surface area contributed by atoms with Crippen LogP contribution in [0.4, 0.5) is 27.8 Å². The van der Waals surface area contributed by atoms with E-state index >= 15 is 4.39 Å². The molecule has 3 aromatic rings. The number of likely N-dealkylation sites (N-methyl/N-ethyl adjacent to an activating group) is 1. The van der Waals surface area contributed by atoms with Crippen molar-refractivity contribution in [1.82, 2.24) is 19.5 Å². The molecule has 0 saturated carbocycles. The van der Waals surface area contributed by atoms with Gasteiger partial charge < -0.3 is 15.5 Å². The maximum absolute atomic E-state index is 15.1. The van der Waals surface area contributed by atoms with E-state index in [-0.39, 0.29) is 65.0 Å². The largest absolute Gasteiger partial charge is 0.417 e. The highest BCUT2D eigenvalue weighted by Gasteiger charge is 2.40. The van der Waals surface area contributed by atoms with Crippen molar-refractivity contribution in [3.05, 3.63) is 77.4 Å². The van der Waals surface area contributed by atoms with E-state index in [2.05, 4.69) is 23.9 Å². The second-order valence-electron chi connectivity index (χ2n) is 10.9. The van der Waals surface area contributed by atoms with Gasteiger partial charge in [-0.15, -0.1) is 11.8 Å². The average molecular weight is 652 g/mol. The summed E-state index contributed by atoms with van der Waals surface area (Å²) < 4.78 is 74.6. The molecule has 45 heavy (non-hydrogen) atoms. The number of alkyl halides is 3. The Labute approximate surface area is 260 Å². The molecule has 9 nitrogen and oxygen atoms in total. The monoisotopic (exact) mass is 651 g/mol. The van der Waals surface area contributed by atoms with Gasteiger partial charge in [-0.05, 0) is 44.3 Å². The maximum atomic E-state index is 15.1. The van der Waals surface area contributed by atoms with Crippen molar-refractivity contribution in [3.63, 3.8) is 0 Å². The van der Waals surface area contributed by atoms with Crippen LogP contribution < -0.4 is 22.2 Å². The fourth-order valence-electron chi connectivity index (χ4n) is 5.85. The number of rotatable bonds is 4. The standard InChI is InChI=1S/C28H29F5N6O2S.C2H5N/c1-5-22(40)39-14(2)10-37(11-15(39)3)26-19-9-20(28(31,32)33)23(18-7-6-16(29)8-21(18)30)25-24(19)38(27(41)35-26)12-17(13-42-25)36(4)34;1-2-3/h5-9,14-15,17H,1,10-13,34H2,2-4H3;2H,1,3H2. The number of amides is 1. The molecular formula is C30H34F5N7O2S. The summed E-state index contributed by atoms with van der Waals surface area (Å²) in [4.78, 5) is 33.7. The number of halogens is 5. The van der Waals surface area contributed by atoms with Gasteiger partial charge in [0.25, 0.3) is 0 Å². The van der Waals surface area contributed by atoms with Gasteiger partial charge in [-0.1, -0.05) is 13.2 Å². The zero-order valence-electron chi connectivity index (χ0n) is 24.9. The number of hydrogen-bond donors (Lipinski definition) is 2. The summed E-state index contributed by atoms with van der Waals surface area (Å²) in [5.41, 5.74) is 2.01. The lowest BCUT2D eigenvalue weighted by molar-refractivity contribution is -0.137. The summed E-state index contributed by atoms with van der Waals surface area (Å²) in [7, 11) is 1.58. The highest BCUT2D eigenvalue weighted by Crippen LogP contribution is 2.49. The topological polar surface area (TPSA) is 114 Å². The Morgan fingerprint density at radius 2 is 1.76 bits per heavy atom. The van der Waals surface area contributed by atoms with Crippen LogP contribution in [0.2, 0.25) is 0 Å². The molecule has 4 N–H and O–H groups in total. The number of thioether (sulfide) groups is 1. The van der Waals surface area contributed by atoms with Gasteiger partial charge in [0.05, 0.1) is 17.1 Å². The van der Waals surface area contributed by atoms with Crippen LogP contribution in [-0.2, 0) is 17.5 Å². The van der Waals surface area contributed by atoms with Crippen molar-refractivity contribution in [1.29, 1.82) is 0 Å². The predicted molar refractivity (Wildman–Crippen MR) is 165 cm³/mol. The highest BCUT2D eigenvalue weighted by molar-refractivity contribution is 7.99. The lowest BCUT2D eigenvalue weighted by Crippen LogP contribution is -2.58. The number of piperazine rings is 1. The van der Waals surface area contributed by atoms with Crippen molar-refractivity contribution in [2.75, 3.05) is 30.8 Å². The van der Waals surface area contributed by atoms with E-state index in [0.29, 0.717) is 6.07 Å². The van der Waals surface area contributed by atoms with Crippen LogP contribution in [0, 0.1) is 11.6 Å². The molecular weight excluding hydrogens is 617 g/mol. The van der Waals surface area contributed by atoms with Crippen LogP contribution in [0.3, 0.4) is 0 Å². The lowest BCUT2D eigenvalue weighted by atomic mass is 9.95. The zero-order chi connectivity index (χ0) is 33.4. The van der Waals surface area contributed by atoms with E-state index in [1.807, 2.05) is 0 Å². The fraction of sp³-hybridized carbons (Fsp3) is 0.367. The third-order valence-electron chi connectivity index (χ3n) is 7.74. The molecule has 0 aliphatic carbocycles. The van der Waals surface area contributed by atoms with Gasteiger partial charge >= 0.3 is 11.9 Å². The minimum Gasteiger partial charge on any atom is -0.405 e. The molecule has 1 aromatic heterocycles. The quantitative estimate of drug-likeness (QED) is 0.186. The summed E-state index contributed by atoms with van der Waals surface area (Å²) in [6.45, 7) is 10.7. The third kappa shape index (κ3) is 6.56. The second kappa shape index (κ2) is 13.2. The number of carbonyl (C=O) groups is 1. The molecule has 2 aliphatic rings. The zero-order valence-corrected chi connectivity index (χ0v) is 25.8. The number of benzene rings is 2. The van der Waals surface area contributed by atoms with Crippen molar-refractivity contribution in [2.24, 2.45) is 11.6 Å². The first-order chi connectivity index (χ1) is 21.1. The average Bonchev–Trinajstić information content (AvgIpc) is 3.16. The second-order valence-corrected chi connectivity index (χ2v) is 11.9. The van der Waals surface area contributed by atoms with E-state index in [1.54, 1.807) is 30.7 Å². The van der Waals surface area contributed by atoms with Crippen LogP contribution in [0.15, 0.2) is 59.4 Å². The molecule has 3 unspecified atom stereocenters. The normalized spacial score (nSPS) is 20.0. The van der Waals surface area contributed by atoms with Crippen LogP contribution in [0.25, 0.3) is 22.0 Å². The molecule has 1 amide bonds. The molecule has 2 aromatic carbocycles. The smallest absolute Gasteiger partial charge is 0.405 e. The molecule has 242 valence electrons. The Kier molecular flexibility index (Phi) is 9.94. The van der Waals surface area contributed by atoms with Gasteiger partial charge in [-0.2, -0.15) is 18.2 Å². The van der Waals surface area contributed by atoms with Gasteiger partial charge in [0, 0.05) is 72.0 Å². The Morgan fingerprint density at radius 3 is 2.29 bits per heavy atom. The molecule has 0 bridgehead atoms. The number of carbonyl (C=O) groups excluding carboxylic acids is 1. The first-order valence-electron chi connectivity index (χ1n) is 13.9. The van der Waals surface area contributed by atoms with Crippen LogP contribution in [0.1, 0.15) is 19.4 Å². The van der Waals surface area contributed by atoms with Crippen molar-refractivity contribution < 1.29 is 26.7 Å². The van der Waals surface area contributed by atoms with E-state index in [0.717, 1.165) is 30.0 Å². The van der Waals surface area contributed by atoms with E-state index in [9.17, 15) is 27.2 Å². The van der Waals surface area contributed by atoms with Gasteiger partial charge in [-0.3, -0.25) is 15.2 Å². The predicted octanol–water partition coefficient (Wildman–Crippen LogP) is 4.34. The molecule has 1 fully saturated rings. The number of hydrazine groups is 1. The number of nitrogens with two attached hydrogens (primary N) is 2. The number of hydrogen-bond acceptors (Lipinski definition) is 8. The molecule has 0 radical (unpaired) electrons. The van der Waals surface area contributed by atoms with Gasteiger partial charge in [0.1, 0.15) is 17.5 Å². The Bertz CT molecular complexity index is 1680. The molecule has 3 atom stereocenters. The van der Waals surface area contributed by atoms with Gasteiger partial charge in [0.15, 0.2) is 0 Å². The van der Waals surface area contributed by atoms with Crippen molar-refractivity contribution in [3.8, 4) is 11.1 Å². The molecule has 0 spiro atoms. The Morgan fingerprint density at radius 1 is 1.13 bits per heavy atom. The molecule has 3 heterocycles. The first kappa shape index (κ1) is 33.9. The first-order valence-corrected chi connectivity index (χ1v) is 14.9. The van der Waals surface area contributed by atoms with E-state index < -0.39 is 46.2 Å². The molecule has 2 aliphatic heterocycles. The number of anilines is 1. The number of aromatic nitrogens is 2. The van der Waals surface area contributed by atoms with E-state index in [1.165, 1.54) is 21.9 Å². The molecule has 15 heteroatoms. The van der Waals surface area contributed by atoms with Gasteiger partial charge in [-0.25, -0.2) is 18.6 Å². The summed E-state index contributed by atoms with van der Waals surface area (Å²) >= 11 is 1.02.